The molecule has 0 saturated heterocycles. The molecular weight excluding hydrogens is 223 g/mol. The summed E-state index contributed by atoms with van der Waals surface area (Å²) in [7, 11) is 0. The molecular formula is C10H10ClFO3. The van der Waals surface area contributed by atoms with Crippen LogP contribution in [0.3, 0.4) is 0 Å². The van der Waals surface area contributed by atoms with Crippen LogP contribution in [-0.4, -0.2) is 22.4 Å². The maximum Gasteiger partial charge on any atom is 0.341 e. The fourth-order valence-electron chi connectivity index (χ4n) is 1.16. The first-order valence-corrected chi connectivity index (χ1v) is 4.62. The van der Waals surface area contributed by atoms with Crippen molar-refractivity contribution in [2.45, 2.75) is 19.2 Å². The number of benzene rings is 1. The number of carbonyl (C=O) groups is 1. The first-order valence-electron chi connectivity index (χ1n) is 4.24. The summed E-state index contributed by atoms with van der Waals surface area (Å²) in [5.41, 5.74) is 0.929. The molecule has 0 aliphatic carbocycles. The van der Waals surface area contributed by atoms with Gasteiger partial charge in [-0.3, -0.25) is 0 Å². The molecule has 1 rings (SSSR count). The van der Waals surface area contributed by atoms with Gasteiger partial charge in [0, 0.05) is 10.6 Å². The van der Waals surface area contributed by atoms with Gasteiger partial charge in [0.1, 0.15) is 6.10 Å². The van der Waals surface area contributed by atoms with Crippen molar-refractivity contribution in [3.63, 3.8) is 0 Å². The van der Waals surface area contributed by atoms with Crippen molar-refractivity contribution in [1.29, 1.82) is 0 Å². The molecule has 0 fully saturated rings. The highest BCUT2D eigenvalue weighted by Crippen LogP contribution is 2.27. The number of rotatable bonds is 3. The van der Waals surface area contributed by atoms with Gasteiger partial charge in [-0.1, -0.05) is 23.7 Å². The Hall–Kier alpha value is -1.13. The highest BCUT2D eigenvalue weighted by molar-refractivity contribution is 6.31. The Balaban J connectivity index is 3.01. The summed E-state index contributed by atoms with van der Waals surface area (Å²) in [5.74, 6) is -1.71. The van der Waals surface area contributed by atoms with Crippen molar-refractivity contribution in [2.24, 2.45) is 0 Å². The predicted molar refractivity (Wildman–Crippen MR) is 53.7 cm³/mol. The second-order valence-electron chi connectivity index (χ2n) is 3.21. The van der Waals surface area contributed by atoms with Gasteiger partial charge in [0.05, 0.1) is 0 Å². The minimum Gasteiger partial charge on any atom is -0.479 e. The standard InChI is InChI=1S/C10H10ClFO3/c1-5-2-3-6(7(11)4-5)9(13)8(12)10(14)15/h2-4,8-9,13H,1H3,(H,14,15). The van der Waals surface area contributed by atoms with Crippen LogP contribution in [0.5, 0.6) is 0 Å². The minimum atomic E-state index is -2.37. The molecule has 1 aromatic rings. The summed E-state index contributed by atoms with van der Waals surface area (Å²) < 4.78 is 13.0. The number of carboxylic acid groups (broad SMARTS) is 1. The van der Waals surface area contributed by atoms with Gasteiger partial charge < -0.3 is 10.2 Å². The van der Waals surface area contributed by atoms with E-state index in [-0.39, 0.29) is 10.6 Å². The minimum absolute atomic E-state index is 0.0807. The van der Waals surface area contributed by atoms with Crippen molar-refractivity contribution in [3.8, 4) is 0 Å². The Morgan fingerprint density at radius 2 is 2.13 bits per heavy atom. The van der Waals surface area contributed by atoms with Gasteiger partial charge in [0.25, 0.3) is 0 Å². The number of halogens is 2. The molecule has 0 aliphatic rings. The van der Waals surface area contributed by atoms with E-state index in [0.717, 1.165) is 5.56 Å². The molecule has 0 aromatic heterocycles. The van der Waals surface area contributed by atoms with Crippen LogP contribution in [0.15, 0.2) is 18.2 Å². The zero-order valence-corrected chi connectivity index (χ0v) is 8.70. The number of hydrogen-bond donors (Lipinski definition) is 2. The smallest absolute Gasteiger partial charge is 0.341 e. The van der Waals surface area contributed by atoms with E-state index in [9.17, 15) is 14.3 Å². The summed E-state index contributed by atoms with van der Waals surface area (Å²) in [6, 6.07) is 4.57. The fourth-order valence-corrected chi connectivity index (χ4v) is 1.51. The summed E-state index contributed by atoms with van der Waals surface area (Å²) in [5, 5.41) is 17.9. The number of aryl methyl sites for hydroxylation is 1. The Bertz CT molecular complexity index is 381. The molecule has 2 unspecified atom stereocenters. The molecule has 15 heavy (non-hydrogen) atoms. The van der Waals surface area contributed by atoms with Gasteiger partial charge in [-0.05, 0) is 18.6 Å². The summed E-state index contributed by atoms with van der Waals surface area (Å²) in [6.45, 7) is 1.78. The predicted octanol–water partition coefficient (Wildman–Crippen LogP) is 2.10. The Morgan fingerprint density at radius 1 is 1.53 bits per heavy atom. The van der Waals surface area contributed by atoms with E-state index >= 15 is 0 Å². The highest BCUT2D eigenvalue weighted by Gasteiger charge is 2.28. The van der Waals surface area contributed by atoms with Crippen LogP contribution in [0.4, 0.5) is 4.39 Å². The van der Waals surface area contributed by atoms with Gasteiger partial charge in [-0.2, -0.15) is 0 Å². The van der Waals surface area contributed by atoms with E-state index in [0.29, 0.717) is 0 Å². The molecule has 0 amide bonds. The number of aliphatic carboxylic acids is 1. The Kier molecular flexibility index (Phi) is 3.66. The monoisotopic (exact) mass is 232 g/mol. The average Bonchev–Trinajstić information content (AvgIpc) is 2.15. The molecule has 0 aliphatic heterocycles. The quantitative estimate of drug-likeness (QED) is 0.839. The zero-order chi connectivity index (χ0) is 11.6. The molecule has 0 spiro atoms. The molecule has 2 N–H and O–H groups in total. The van der Waals surface area contributed by atoms with Crippen LogP contribution in [0, 0.1) is 6.92 Å². The normalized spacial score (nSPS) is 14.7. The molecule has 2 atom stereocenters. The lowest BCUT2D eigenvalue weighted by Crippen LogP contribution is -2.23. The van der Waals surface area contributed by atoms with Crippen molar-refractivity contribution in [3.05, 3.63) is 34.3 Å². The summed E-state index contributed by atoms with van der Waals surface area (Å²) >= 11 is 5.75. The summed E-state index contributed by atoms with van der Waals surface area (Å²) in [6.07, 6.45) is -4.11. The van der Waals surface area contributed by atoms with E-state index < -0.39 is 18.2 Å². The SMILES string of the molecule is Cc1ccc(C(O)C(F)C(=O)O)c(Cl)c1. The molecule has 5 heteroatoms. The summed E-state index contributed by atoms with van der Waals surface area (Å²) in [4.78, 5) is 10.3. The topological polar surface area (TPSA) is 57.5 Å². The van der Waals surface area contributed by atoms with E-state index in [4.69, 9.17) is 16.7 Å². The van der Waals surface area contributed by atoms with Crippen LogP contribution in [0.25, 0.3) is 0 Å². The number of carboxylic acids is 1. The van der Waals surface area contributed by atoms with E-state index in [1.165, 1.54) is 12.1 Å². The lowest BCUT2D eigenvalue weighted by molar-refractivity contribution is -0.147. The van der Waals surface area contributed by atoms with E-state index in [1.807, 2.05) is 0 Å². The number of aliphatic hydroxyl groups excluding tert-OH is 1. The number of hydrogen-bond acceptors (Lipinski definition) is 2. The molecule has 0 radical (unpaired) electrons. The highest BCUT2D eigenvalue weighted by atomic mass is 35.5. The molecule has 82 valence electrons. The van der Waals surface area contributed by atoms with Crippen LogP contribution in [0.1, 0.15) is 17.2 Å². The molecule has 0 saturated carbocycles. The third kappa shape index (κ3) is 2.67. The largest absolute Gasteiger partial charge is 0.479 e. The van der Waals surface area contributed by atoms with E-state index in [1.54, 1.807) is 13.0 Å². The number of aliphatic hydroxyl groups is 1. The van der Waals surface area contributed by atoms with E-state index in [2.05, 4.69) is 0 Å². The first kappa shape index (κ1) is 11.9. The van der Waals surface area contributed by atoms with Crippen molar-refractivity contribution < 1.29 is 19.4 Å². The third-order valence-corrected chi connectivity index (χ3v) is 2.32. The van der Waals surface area contributed by atoms with Crippen LogP contribution >= 0.6 is 11.6 Å². The van der Waals surface area contributed by atoms with Crippen molar-refractivity contribution in [2.75, 3.05) is 0 Å². The maximum absolute atomic E-state index is 13.0. The second-order valence-corrected chi connectivity index (χ2v) is 3.62. The lowest BCUT2D eigenvalue weighted by Gasteiger charge is -2.14. The first-order chi connectivity index (χ1) is 6.93. The Labute approximate surface area is 91.1 Å². The second kappa shape index (κ2) is 4.59. The van der Waals surface area contributed by atoms with Crippen molar-refractivity contribution in [1.82, 2.24) is 0 Å². The van der Waals surface area contributed by atoms with Gasteiger partial charge in [-0.15, -0.1) is 0 Å². The van der Waals surface area contributed by atoms with Gasteiger partial charge in [0.2, 0.25) is 6.17 Å². The fraction of sp³-hybridized carbons (Fsp3) is 0.300. The van der Waals surface area contributed by atoms with Gasteiger partial charge in [-0.25, -0.2) is 9.18 Å². The van der Waals surface area contributed by atoms with Crippen LogP contribution in [-0.2, 0) is 4.79 Å². The molecule has 0 heterocycles. The number of alkyl halides is 1. The molecule has 0 bridgehead atoms. The average molecular weight is 233 g/mol. The van der Waals surface area contributed by atoms with Gasteiger partial charge >= 0.3 is 5.97 Å². The van der Waals surface area contributed by atoms with Gasteiger partial charge in [0.15, 0.2) is 0 Å². The third-order valence-electron chi connectivity index (χ3n) is 1.99. The van der Waals surface area contributed by atoms with Crippen LogP contribution < -0.4 is 0 Å². The van der Waals surface area contributed by atoms with Crippen LogP contribution in [0.2, 0.25) is 5.02 Å². The maximum atomic E-state index is 13.0. The molecule has 1 aromatic carbocycles. The lowest BCUT2D eigenvalue weighted by atomic mass is 10.0. The molecule has 3 nitrogen and oxygen atoms in total. The Morgan fingerprint density at radius 3 is 2.60 bits per heavy atom. The zero-order valence-electron chi connectivity index (χ0n) is 7.95. The van der Waals surface area contributed by atoms with Crippen molar-refractivity contribution >= 4 is 17.6 Å².